The summed E-state index contributed by atoms with van der Waals surface area (Å²) < 4.78 is 18.5. The predicted molar refractivity (Wildman–Crippen MR) is 112 cm³/mol. The van der Waals surface area contributed by atoms with Crippen molar-refractivity contribution in [3.63, 3.8) is 0 Å². The van der Waals surface area contributed by atoms with E-state index in [0.717, 1.165) is 16.6 Å². The quantitative estimate of drug-likeness (QED) is 0.630. The van der Waals surface area contributed by atoms with Gasteiger partial charge in [-0.2, -0.15) is 0 Å². The maximum atomic E-state index is 14.5. The molecule has 1 aliphatic rings. The van der Waals surface area contributed by atoms with E-state index in [1.807, 2.05) is 0 Å². The number of nitrogens with zero attached hydrogens (tertiary/aromatic N) is 5. The van der Waals surface area contributed by atoms with E-state index < -0.39 is 17.1 Å². The number of hydrogen-bond acceptors (Lipinski definition) is 4. The molecule has 1 aromatic carbocycles. The topological polar surface area (TPSA) is 82.1 Å². The lowest BCUT2D eigenvalue weighted by molar-refractivity contribution is -0.118. The highest BCUT2D eigenvalue weighted by atomic mass is 35.5. The van der Waals surface area contributed by atoms with Crippen molar-refractivity contribution in [3.05, 3.63) is 55.7 Å². The Morgan fingerprint density at radius 2 is 2.00 bits per heavy atom. The van der Waals surface area contributed by atoms with Crippen LogP contribution < -0.4 is 16.1 Å². The van der Waals surface area contributed by atoms with Crippen molar-refractivity contribution in [3.8, 4) is 0 Å². The number of aromatic nitrogens is 4. The fourth-order valence-corrected chi connectivity index (χ4v) is 4.23. The molecule has 3 heterocycles. The van der Waals surface area contributed by atoms with E-state index in [2.05, 4.69) is 4.98 Å². The third kappa shape index (κ3) is 3.32. The van der Waals surface area contributed by atoms with Gasteiger partial charge in [0, 0.05) is 38.6 Å². The lowest BCUT2D eigenvalue weighted by Crippen LogP contribution is -2.37. The molecule has 0 radical (unpaired) electrons. The summed E-state index contributed by atoms with van der Waals surface area (Å²) in [6.07, 6.45) is 3.55. The number of imidazole rings is 1. The number of fused-ring (bicyclic) bond motifs is 2. The van der Waals surface area contributed by atoms with Crippen molar-refractivity contribution in [2.24, 2.45) is 14.1 Å². The van der Waals surface area contributed by atoms with Gasteiger partial charge in [0.2, 0.25) is 5.91 Å². The first-order chi connectivity index (χ1) is 14.3. The van der Waals surface area contributed by atoms with E-state index in [0.29, 0.717) is 47.8 Å². The summed E-state index contributed by atoms with van der Waals surface area (Å²) in [5, 5.41) is 0.323. The maximum Gasteiger partial charge on any atom is 0.332 e. The van der Waals surface area contributed by atoms with Crippen LogP contribution in [0.4, 0.5) is 10.1 Å². The summed E-state index contributed by atoms with van der Waals surface area (Å²) in [5.41, 5.74) is 0.797. The molecule has 0 saturated carbocycles. The van der Waals surface area contributed by atoms with E-state index in [-0.39, 0.29) is 12.3 Å². The number of anilines is 1. The molecule has 0 N–H and O–H groups in total. The minimum atomic E-state index is -0.490. The molecular weight excluding hydrogens is 413 g/mol. The monoisotopic (exact) mass is 433 g/mol. The van der Waals surface area contributed by atoms with Gasteiger partial charge in [0.15, 0.2) is 11.2 Å². The van der Waals surface area contributed by atoms with Crippen molar-refractivity contribution in [2.75, 3.05) is 11.4 Å². The molecule has 1 aliphatic heterocycles. The third-order valence-electron chi connectivity index (χ3n) is 5.51. The Kier molecular flexibility index (Phi) is 5.23. The summed E-state index contributed by atoms with van der Waals surface area (Å²) in [5.74, 6) is -0.669. The Morgan fingerprint density at radius 1 is 1.23 bits per heavy atom. The standard InChI is InChI=1S/C20H21ClFN5O3/c1-24-18-17(19(29)25(2)20(24)30)26(11-23-18)7-4-6-15(28)27-8-3-5-12-9-13(21)10-14(22)16(12)27/h9-11H,3-8H2,1-2H3. The summed E-state index contributed by atoms with van der Waals surface area (Å²) in [4.78, 5) is 43.0. The largest absolute Gasteiger partial charge is 0.332 e. The molecule has 2 aromatic heterocycles. The number of carbonyl (C=O) groups excluding carboxylic acids is 1. The van der Waals surface area contributed by atoms with Gasteiger partial charge in [0.25, 0.3) is 5.56 Å². The molecule has 0 saturated heterocycles. The summed E-state index contributed by atoms with van der Waals surface area (Å²) in [6, 6.07) is 2.93. The number of amides is 1. The highest BCUT2D eigenvalue weighted by Gasteiger charge is 2.26. The number of rotatable bonds is 4. The maximum absolute atomic E-state index is 14.5. The molecule has 158 valence electrons. The van der Waals surface area contributed by atoms with E-state index >= 15 is 0 Å². The number of carbonyl (C=O) groups is 1. The van der Waals surface area contributed by atoms with Crippen molar-refractivity contribution >= 4 is 34.4 Å². The molecule has 4 rings (SSSR count). The lowest BCUT2D eigenvalue weighted by Gasteiger charge is -2.30. The van der Waals surface area contributed by atoms with E-state index in [1.54, 1.807) is 17.7 Å². The molecule has 10 heteroatoms. The highest BCUT2D eigenvalue weighted by molar-refractivity contribution is 6.30. The van der Waals surface area contributed by atoms with Crippen molar-refractivity contribution in [2.45, 2.75) is 32.2 Å². The van der Waals surface area contributed by atoms with Gasteiger partial charge in [0.1, 0.15) is 5.82 Å². The zero-order valence-corrected chi connectivity index (χ0v) is 17.4. The van der Waals surface area contributed by atoms with Gasteiger partial charge in [-0.05, 0) is 37.0 Å². The van der Waals surface area contributed by atoms with Gasteiger partial charge >= 0.3 is 5.69 Å². The van der Waals surface area contributed by atoms with Gasteiger partial charge in [-0.3, -0.25) is 18.7 Å². The molecule has 8 nitrogen and oxygen atoms in total. The summed E-state index contributed by atoms with van der Waals surface area (Å²) in [6.45, 7) is 0.834. The minimum absolute atomic E-state index is 0.179. The molecular formula is C20H21ClFN5O3. The van der Waals surface area contributed by atoms with E-state index in [4.69, 9.17) is 11.6 Å². The number of aryl methyl sites for hydroxylation is 3. The third-order valence-corrected chi connectivity index (χ3v) is 5.73. The first-order valence-electron chi connectivity index (χ1n) is 9.68. The zero-order valence-electron chi connectivity index (χ0n) is 16.7. The molecule has 0 bridgehead atoms. The molecule has 0 unspecified atom stereocenters. The van der Waals surface area contributed by atoms with Crippen molar-refractivity contribution < 1.29 is 9.18 Å². The summed E-state index contributed by atoms with van der Waals surface area (Å²) >= 11 is 5.94. The average molecular weight is 434 g/mol. The molecule has 30 heavy (non-hydrogen) atoms. The smallest absolute Gasteiger partial charge is 0.325 e. The first kappa shape index (κ1) is 20.3. The van der Waals surface area contributed by atoms with Gasteiger partial charge < -0.3 is 9.47 Å². The second-order valence-corrected chi connectivity index (χ2v) is 7.90. The second-order valence-electron chi connectivity index (χ2n) is 7.46. The van der Waals surface area contributed by atoms with Crippen LogP contribution in [-0.4, -0.2) is 31.1 Å². The van der Waals surface area contributed by atoms with E-state index in [9.17, 15) is 18.8 Å². The highest BCUT2D eigenvalue weighted by Crippen LogP contribution is 2.33. The molecule has 0 atom stereocenters. The molecule has 1 amide bonds. The first-order valence-corrected chi connectivity index (χ1v) is 10.1. The van der Waals surface area contributed by atoms with Crippen LogP contribution in [0, 0.1) is 5.82 Å². The van der Waals surface area contributed by atoms with Crippen LogP contribution in [-0.2, 0) is 31.9 Å². The average Bonchev–Trinajstić information content (AvgIpc) is 3.14. The zero-order chi connectivity index (χ0) is 21.6. The molecule has 0 fully saturated rings. The normalized spacial score (nSPS) is 13.7. The van der Waals surface area contributed by atoms with Crippen LogP contribution in [0.25, 0.3) is 11.2 Å². The van der Waals surface area contributed by atoms with Gasteiger partial charge in [-0.1, -0.05) is 11.6 Å². The Bertz CT molecular complexity index is 1280. The Hall–Kier alpha value is -2.94. The second kappa shape index (κ2) is 7.71. The fourth-order valence-electron chi connectivity index (χ4n) is 4.00. The Labute approximate surface area is 176 Å². The minimum Gasteiger partial charge on any atom is -0.325 e. The van der Waals surface area contributed by atoms with E-state index in [1.165, 1.54) is 28.9 Å². The van der Waals surface area contributed by atoms with Crippen LogP contribution >= 0.6 is 11.6 Å². The Morgan fingerprint density at radius 3 is 2.77 bits per heavy atom. The van der Waals surface area contributed by atoms with Crippen molar-refractivity contribution in [1.29, 1.82) is 0 Å². The molecule has 3 aromatic rings. The van der Waals surface area contributed by atoms with Crippen LogP contribution in [0.15, 0.2) is 28.0 Å². The van der Waals surface area contributed by atoms with Crippen LogP contribution in [0.1, 0.15) is 24.8 Å². The van der Waals surface area contributed by atoms with Crippen molar-refractivity contribution in [1.82, 2.24) is 18.7 Å². The number of hydrogen-bond donors (Lipinski definition) is 0. The number of benzene rings is 1. The van der Waals surface area contributed by atoms with Crippen LogP contribution in [0.5, 0.6) is 0 Å². The van der Waals surface area contributed by atoms with Crippen LogP contribution in [0.3, 0.4) is 0 Å². The van der Waals surface area contributed by atoms with Gasteiger partial charge in [-0.15, -0.1) is 0 Å². The van der Waals surface area contributed by atoms with Gasteiger partial charge in [0.05, 0.1) is 12.0 Å². The molecule has 0 spiro atoms. The molecule has 0 aliphatic carbocycles. The Balaban J connectivity index is 1.52. The summed E-state index contributed by atoms with van der Waals surface area (Å²) in [7, 11) is 2.97. The number of halogens is 2. The lowest BCUT2D eigenvalue weighted by atomic mass is 10.0. The van der Waals surface area contributed by atoms with Crippen LogP contribution in [0.2, 0.25) is 5.02 Å². The SMILES string of the molecule is Cn1c(=O)c2c(ncn2CCCC(=O)N2CCCc3cc(Cl)cc(F)c32)n(C)c1=O. The van der Waals surface area contributed by atoms with Gasteiger partial charge in [-0.25, -0.2) is 14.2 Å². The fraction of sp³-hybridized carbons (Fsp3) is 0.400. The predicted octanol–water partition coefficient (Wildman–Crippen LogP) is 1.99.